The van der Waals surface area contributed by atoms with Gasteiger partial charge < -0.3 is 15.8 Å². The molecule has 122 valence electrons. The molecule has 2 amide bonds. The summed E-state index contributed by atoms with van der Waals surface area (Å²) in [6, 6.07) is 4.10. The lowest BCUT2D eigenvalue weighted by Crippen LogP contribution is -2.43. The number of primary amides is 1. The number of halogens is 3. The number of benzene rings is 1. The van der Waals surface area contributed by atoms with Crippen molar-refractivity contribution in [1.82, 2.24) is 4.90 Å². The Kier molecular flexibility index (Phi) is 5.75. The molecule has 1 atom stereocenters. The van der Waals surface area contributed by atoms with Crippen molar-refractivity contribution in [2.24, 2.45) is 5.73 Å². The molecule has 1 aromatic carbocycles. The first-order valence-corrected chi connectivity index (χ1v) is 6.23. The van der Waals surface area contributed by atoms with Crippen LogP contribution < -0.4 is 15.8 Å². The van der Waals surface area contributed by atoms with Crippen LogP contribution in [0, 0.1) is 0 Å². The van der Waals surface area contributed by atoms with Crippen LogP contribution in [0.15, 0.2) is 24.3 Å². The molecule has 1 rings (SSSR count). The number of anilines is 1. The van der Waals surface area contributed by atoms with Gasteiger partial charge in [-0.05, 0) is 38.2 Å². The summed E-state index contributed by atoms with van der Waals surface area (Å²) in [5.41, 5.74) is 5.42. The minimum atomic E-state index is -4.77. The standard InChI is InChI=1S/C13H16F3N3O3/c1-8(12(17)21)19(2)7-11(20)18-9-3-5-10(6-4-9)22-13(14,15)16/h3-6,8H,7H2,1-2H3,(H2,17,21)(H,18,20). The van der Waals surface area contributed by atoms with Gasteiger partial charge in [0, 0.05) is 5.69 Å². The monoisotopic (exact) mass is 319 g/mol. The van der Waals surface area contributed by atoms with E-state index in [9.17, 15) is 22.8 Å². The molecule has 6 nitrogen and oxygen atoms in total. The number of amides is 2. The van der Waals surface area contributed by atoms with Crippen molar-refractivity contribution in [3.8, 4) is 5.75 Å². The van der Waals surface area contributed by atoms with Crippen LogP contribution in [0.5, 0.6) is 5.75 Å². The molecular weight excluding hydrogens is 303 g/mol. The zero-order valence-electron chi connectivity index (χ0n) is 12.0. The van der Waals surface area contributed by atoms with Gasteiger partial charge in [-0.25, -0.2) is 0 Å². The predicted molar refractivity (Wildman–Crippen MR) is 73.0 cm³/mol. The van der Waals surface area contributed by atoms with Crippen molar-refractivity contribution in [2.45, 2.75) is 19.3 Å². The lowest BCUT2D eigenvalue weighted by molar-refractivity contribution is -0.274. The van der Waals surface area contributed by atoms with Crippen molar-refractivity contribution in [3.05, 3.63) is 24.3 Å². The van der Waals surface area contributed by atoms with E-state index in [1.807, 2.05) is 0 Å². The number of rotatable bonds is 6. The maximum atomic E-state index is 12.0. The maximum Gasteiger partial charge on any atom is 0.573 e. The van der Waals surface area contributed by atoms with Gasteiger partial charge in [0.1, 0.15) is 5.75 Å². The molecule has 1 aromatic rings. The lowest BCUT2D eigenvalue weighted by atomic mass is 10.2. The Morgan fingerprint density at radius 2 is 1.86 bits per heavy atom. The maximum absolute atomic E-state index is 12.0. The third-order valence-electron chi connectivity index (χ3n) is 2.84. The first-order valence-electron chi connectivity index (χ1n) is 6.23. The molecule has 9 heteroatoms. The molecule has 0 heterocycles. The van der Waals surface area contributed by atoms with Crippen molar-refractivity contribution in [3.63, 3.8) is 0 Å². The van der Waals surface area contributed by atoms with Crippen molar-refractivity contribution in [1.29, 1.82) is 0 Å². The zero-order valence-corrected chi connectivity index (χ0v) is 12.0. The molecule has 1 unspecified atom stereocenters. The average molecular weight is 319 g/mol. The second-order valence-electron chi connectivity index (χ2n) is 4.61. The van der Waals surface area contributed by atoms with Crippen LogP contribution in [0.2, 0.25) is 0 Å². The van der Waals surface area contributed by atoms with Gasteiger partial charge in [0.2, 0.25) is 11.8 Å². The highest BCUT2D eigenvalue weighted by Crippen LogP contribution is 2.23. The van der Waals surface area contributed by atoms with E-state index in [0.29, 0.717) is 5.69 Å². The van der Waals surface area contributed by atoms with Gasteiger partial charge in [-0.3, -0.25) is 14.5 Å². The molecule has 0 aromatic heterocycles. The summed E-state index contributed by atoms with van der Waals surface area (Å²) in [6.07, 6.45) is -4.77. The molecule has 0 aliphatic carbocycles. The van der Waals surface area contributed by atoms with Crippen LogP contribution in [-0.2, 0) is 9.59 Å². The summed E-state index contributed by atoms with van der Waals surface area (Å²) >= 11 is 0. The number of carbonyl (C=O) groups excluding carboxylic acids is 2. The fraction of sp³-hybridized carbons (Fsp3) is 0.385. The summed E-state index contributed by atoms with van der Waals surface area (Å²) in [5, 5.41) is 2.49. The third-order valence-corrected chi connectivity index (χ3v) is 2.84. The first kappa shape index (κ1) is 17.8. The zero-order chi connectivity index (χ0) is 16.9. The average Bonchev–Trinajstić information content (AvgIpc) is 2.38. The number of likely N-dealkylation sites (N-methyl/N-ethyl adjacent to an activating group) is 1. The van der Waals surface area contributed by atoms with Gasteiger partial charge in [0.05, 0.1) is 12.6 Å². The van der Waals surface area contributed by atoms with Crippen molar-refractivity contribution in [2.75, 3.05) is 18.9 Å². The van der Waals surface area contributed by atoms with E-state index >= 15 is 0 Å². The van der Waals surface area contributed by atoms with Crippen LogP contribution >= 0.6 is 0 Å². The van der Waals surface area contributed by atoms with E-state index < -0.39 is 24.2 Å². The van der Waals surface area contributed by atoms with Gasteiger partial charge in [-0.1, -0.05) is 0 Å². The van der Waals surface area contributed by atoms with Crippen molar-refractivity contribution >= 4 is 17.5 Å². The molecule has 0 aliphatic rings. The molecule has 22 heavy (non-hydrogen) atoms. The van der Waals surface area contributed by atoms with Crippen LogP contribution in [0.1, 0.15) is 6.92 Å². The van der Waals surface area contributed by atoms with Crippen LogP contribution in [0.3, 0.4) is 0 Å². The van der Waals surface area contributed by atoms with Crippen LogP contribution in [0.4, 0.5) is 18.9 Å². The van der Waals surface area contributed by atoms with Gasteiger partial charge in [0.25, 0.3) is 0 Å². The van der Waals surface area contributed by atoms with Gasteiger partial charge >= 0.3 is 6.36 Å². The number of nitrogens with two attached hydrogens (primary N) is 1. The van der Waals surface area contributed by atoms with E-state index in [4.69, 9.17) is 5.73 Å². The minimum Gasteiger partial charge on any atom is -0.406 e. The van der Waals surface area contributed by atoms with E-state index in [1.165, 1.54) is 17.0 Å². The van der Waals surface area contributed by atoms with Crippen molar-refractivity contribution < 1.29 is 27.5 Å². The highest BCUT2D eigenvalue weighted by molar-refractivity contribution is 5.92. The summed E-state index contributed by atoms with van der Waals surface area (Å²) in [7, 11) is 1.55. The number of ether oxygens (including phenoxy) is 1. The summed E-state index contributed by atoms with van der Waals surface area (Å²) < 4.78 is 39.7. The second-order valence-corrected chi connectivity index (χ2v) is 4.61. The fourth-order valence-electron chi connectivity index (χ4n) is 1.52. The number of nitrogens with zero attached hydrogens (tertiary/aromatic N) is 1. The first-order chi connectivity index (χ1) is 10.1. The number of hydrogen-bond donors (Lipinski definition) is 2. The van der Waals surface area contributed by atoms with Crippen LogP contribution in [0.25, 0.3) is 0 Å². The molecule has 0 bridgehead atoms. The number of nitrogens with one attached hydrogen (secondary N) is 1. The number of hydrogen-bond acceptors (Lipinski definition) is 4. The van der Waals surface area contributed by atoms with E-state index in [1.54, 1.807) is 14.0 Å². The smallest absolute Gasteiger partial charge is 0.406 e. The molecule has 0 saturated carbocycles. The lowest BCUT2D eigenvalue weighted by Gasteiger charge is -2.21. The van der Waals surface area contributed by atoms with E-state index in [0.717, 1.165) is 12.1 Å². The SMILES string of the molecule is CC(C(N)=O)N(C)CC(=O)Nc1ccc(OC(F)(F)F)cc1. The molecule has 0 spiro atoms. The van der Waals surface area contributed by atoms with Gasteiger partial charge in [0.15, 0.2) is 0 Å². The molecule has 3 N–H and O–H groups in total. The minimum absolute atomic E-state index is 0.0924. The molecule has 0 radical (unpaired) electrons. The van der Waals surface area contributed by atoms with E-state index in [2.05, 4.69) is 10.1 Å². The Labute approximate surface area is 125 Å². The number of alkyl halides is 3. The number of carbonyl (C=O) groups is 2. The summed E-state index contributed by atoms with van der Waals surface area (Å²) in [6.45, 7) is 1.46. The highest BCUT2D eigenvalue weighted by Gasteiger charge is 2.31. The quantitative estimate of drug-likeness (QED) is 0.828. The van der Waals surface area contributed by atoms with Crippen LogP contribution in [-0.4, -0.2) is 42.7 Å². The van der Waals surface area contributed by atoms with Gasteiger partial charge in [-0.2, -0.15) is 0 Å². The van der Waals surface area contributed by atoms with Gasteiger partial charge in [-0.15, -0.1) is 13.2 Å². The van der Waals surface area contributed by atoms with E-state index in [-0.39, 0.29) is 12.3 Å². The third kappa shape index (κ3) is 6.00. The molecule has 0 saturated heterocycles. The molecule has 0 aliphatic heterocycles. The molecule has 0 fully saturated rings. The largest absolute Gasteiger partial charge is 0.573 e. The Morgan fingerprint density at radius 1 is 1.32 bits per heavy atom. The second kappa shape index (κ2) is 7.12. The Morgan fingerprint density at radius 3 is 2.32 bits per heavy atom. The summed E-state index contributed by atoms with van der Waals surface area (Å²) in [4.78, 5) is 24.2. The topological polar surface area (TPSA) is 84.7 Å². The Balaban J connectivity index is 2.56. The predicted octanol–water partition coefficient (Wildman–Crippen LogP) is 1.33. The normalized spacial score (nSPS) is 12.8. The fourth-order valence-corrected chi connectivity index (χ4v) is 1.52. The summed E-state index contributed by atoms with van der Waals surface area (Å²) in [5.74, 6) is -1.38. The Bertz CT molecular complexity index is 532. The Hall–Kier alpha value is -2.29. The molecular formula is C13H16F3N3O3. The highest BCUT2D eigenvalue weighted by atomic mass is 19.4.